The first-order valence-electron chi connectivity index (χ1n) is 10.1. The van der Waals surface area contributed by atoms with Crippen molar-refractivity contribution in [2.45, 2.75) is 32.7 Å². The van der Waals surface area contributed by atoms with Gasteiger partial charge in [0.05, 0.1) is 11.9 Å². The van der Waals surface area contributed by atoms with Gasteiger partial charge in [-0.1, -0.05) is 6.92 Å². The number of alkyl halides is 2. The molecule has 3 aromatic rings. The fraction of sp³-hybridized carbons (Fsp3) is 0.500. The van der Waals surface area contributed by atoms with Crippen molar-refractivity contribution < 1.29 is 13.0 Å². The van der Waals surface area contributed by atoms with Gasteiger partial charge in [-0.25, -0.2) is 28.2 Å². The summed E-state index contributed by atoms with van der Waals surface area (Å²) in [6.07, 6.45) is 2.71. The highest BCUT2D eigenvalue weighted by Crippen LogP contribution is 2.33. The zero-order valence-corrected chi connectivity index (χ0v) is 18.4. The van der Waals surface area contributed by atoms with E-state index in [4.69, 9.17) is 4.78 Å². The maximum Gasteiger partial charge on any atom is 0.282 e. The Kier molecular flexibility index (Phi) is 5.63. The van der Waals surface area contributed by atoms with Gasteiger partial charge in [0.15, 0.2) is 5.65 Å². The number of imidazole rings is 1. The fourth-order valence-corrected chi connectivity index (χ4v) is 5.52. The molecule has 1 N–H and O–H groups in total. The molecule has 0 amide bonds. The van der Waals surface area contributed by atoms with Crippen molar-refractivity contribution in [1.82, 2.24) is 24.6 Å². The van der Waals surface area contributed by atoms with E-state index in [0.29, 0.717) is 34.5 Å². The molecule has 0 spiro atoms. The van der Waals surface area contributed by atoms with Crippen LogP contribution in [-0.2, 0) is 9.73 Å². The fourth-order valence-electron chi connectivity index (χ4n) is 4.29. The van der Waals surface area contributed by atoms with Crippen molar-refractivity contribution in [3.8, 4) is 11.4 Å². The number of piperidine rings is 1. The minimum atomic E-state index is -2.68. The highest BCUT2D eigenvalue weighted by molar-refractivity contribution is 7.91. The van der Waals surface area contributed by atoms with Crippen LogP contribution in [0.15, 0.2) is 30.7 Å². The van der Waals surface area contributed by atoms with Crippen molar-refractivity contribution in [1.29, 1.82) is 4.78 Å². The lowest BCUT2D eigenvalue weighted by atomic mass is 9.86. The predicted molar refractivity (Wildman–Crippen MR) is 115 cm³/mol. The minimum absolute atomic E-state index is 0.0517. The maximum absolute atomic E-state index is 13.1. The molecule has 2 unspecified atom stereocenters. The average molecular weight is 450 g/mol. The second-order valence-electron chi connectivity index (χ2n) is 8.40. The summed E-state index contributed by atoms with van der Waals surface area (Å²) >= 11 is 0. The molecule has 11 heteroatoms. The van der Waals surface area contributed by atoms with Gasteiger partial charge in [-0.05, 0) is 37.3 Å². The van der Waals surface area contributed by atoms with Crippen molar-refractivity contribution in [2.75, 3.05) is 23.5 Å². The third-order valence-corrected chi connectivity index (χ3v) is 6.80. The molecule has 0 aromatic carbocycles. The number of hydrogen-bond acceptors (Lipinski definition) is 7. The zero-order valence-electron chi connectivity index (χ0n) is 17.6. The highest BCUT2D eigenvalue weighted by atomic mass is 32.2. The van der Waals surface area contributed by atoms with Crippen molar-refractivity contribution in [2.24, 2.45) is 11.8 Å². The molecule has 31 heavy (non-hydrogen) atoms. The van der Waals surface area contributed by atoms with E-state index in [0.717, 1.165) is 13.0 Å². The quantitative estimate of drug-likeness (QED) is 0.638. The van der Waals surface area contributed by atoms with E-state index >= 15 is 0 Å². The van der Waals surface area contributed by atoms with Crippen LogP contribution in [0, 0.1) is 16.6 Å². The van der Waals surface area contributed by atoms with Crippen molar-refractivity contribution >= 4 is 21.2 Å². The Hall–Kier alpha value is -2.69. The smallest absolute Gasteiger partial charge is 0.282 e. The Morgan fingerprint density at radius 1 is 1.26 bits per heavy atom. The summed E-state index contributed by atoms with van der Waals surface area (Å²) in [4.78, 5) is 15.2. The van der Waals surface area contributed by atoms with Crippen LogP contribution in [0.1, 0.15) is 32.4 Å². The molecule has 1 fully saturated rings. The minimum Gasteiger partial charge on any atom is -0.353 e. The molecule has 3 aromatic heterocycles. The summed E-state index contributed by atoms with van der Waals surface area (Å²) in [5, 5.41) is 4.01. The molecular formula is C20H25F2N7OS. The molecule has 0 radical (unpaired) electrons. The molecule has 4 heterocycles. The van der Waals surface area contributed by atoms with E-state index in [1.807, 2.05) is 0 Å². The summed E-state index contributed by atoms with van der Waals surface area (Å²) in [5.41, 5.74) is 1.14. The van der Waals surface area contributed by atoms with Gasteiger partial charge in [0.1, 0.15) is 23.5 Å². The van der Waals surface area contributed by atoms with Gasteiger partial charge < -0.3 is 4.90 Å². The Morgan fingerprint density at radius 2 is 2.03 bits per heavy atom. The van der Waals surface area contributed by atoms with Crippen LogP contribution < -0.4 is 4.90 Å². The third-order valence-electron chi connectivity index (χ3n) is 5.74. The molecule has 4 rings (SSSR count). The van der Waals surface area contributed by atoms with Gasteiger partial charge in [-0.2, -0.15) is 5.10 Å². The molecule has 1 saturated heterocycles. The van der Waals surface area contributed by atoms with Crippen LogP contribution in [-0.4, -0.2) is 53.4 Å². The first kappa shape index (κ1) is 21.5. The Balaban J connectivity index is 1.70. The maximum atomic E-state index is 13.1. The topological polar surface area (TPSA) is 100 Å². The number of aromatic nitrogens is 5. The number of nitrogens with one attached hydrogen (secondary N) is 1. The van der Waals surface area contributed by atoms with Crippen LogP contribution >= 0.6 is 0 Å². The van der Waals surface area contributed by atoms with E-state index < -0.39 is 16.2 Å². The number of nitrogens with zero attached hydrogens (tertiary/aromatic N) is 6. The molecule has 166 valence electrons. The lowest BCUT2D eigenvalue weighted by Crippen LogP contribution is -2.49. The summed E-state index contributed by atoms with van der Waals surface area (Å²) in [6, 6.07) is 4.62. The first-order valence-corrected chi connectivity index (χ1v) is 12.2. The SMILES string of the molecule is C[C@@H]1CC(CS(C)(=N)=O)[C@H](C)N(c2cc(-c3cnc4ccc(C(F)F)nn34)ncn2)C1. The molecule has 0 aliphatic carbocycles. The van der Waals surface area contributed by atoms with Gasteiger partial charge in [-0.15, -0.1) is 0 Å². The zero-order chi connectivity index (χ0) is 22.3. The second-order valence-corrected chi connectivity index (χ2v) is 10.7. The van der Waals surface area contributed by atoms with Crippen molar-refractivity contribution in [3.05, 3.63) is 36.4 Å². The van der Waals surface area contributed by atoms with Crippen LogP contribution in [0.2, 0.25) is 0 Å². The van der Waals surface area contributed by atoms with Gasteiger partial charge in [-0.3, -0.25) is 8.99 Å². The van der Waals surface area contributed by atoms with Gasteiger partial charge in [0, 0.05) is 40.4 Å². The molecule has 0 bridgehead atoms. The summed E-state index contributed by atoms with van der Waals surface area (Å²) < 4.78 is 47.6. The monoisotopic (exact) mass is 449 g/mol. The highest BCUT2D eigenvalue weighted by Gasteiger charge is 2.34. The Labute approximate surface area is 179 Å². The lowest BCUT2D eigenvalue weighted by Gasteiger charge is -2.43. The van der Waals surface area contributed by atoms with Gasteiger partial charge >= 0.3 is 0 Å². The number of rotatable bonds is 5. The third kappa shape index (κ3) is 4.51. The van der Waals surface area contributed by atoms with E-state index in [-0.39, 0.29) is 17.7 Å². The standard InChI is InChI=1S/C20H25F2N7OS/c1-12-6-14(10-31(3,23)30)13(2)28(9-12)19-7-16(25-11-26-19)17-8-24-18-5-4-15(20(21)22)27-29(17)18/h4-5,7-8,11-14,20,23H,6,9-10H2,1-3H3/t12-,13+,14?,31?/m1/s1. The largest absolute Gasteiger partial charge is 0.353 e. The molecule has 4 atom stereocenters. The van der Waals surface area contributed by atoms with Crippen LogP contribution in [0.3, 0.4) is 0 Å². The number of anilines is 1. The summed E-state index contributed by atoms with van der Waals surface area (Å²) in [7, 11) is -2.61. The van der Waals surface area contributed by atoms with E-state index in [1.165, 1.54) is 29.2 Å². The van der Waals surface area contributed by atoms with Gasteiger partial charge in [0.2, 0.25) is 0 Å². The molecular weight excluding hydrogens is 424 g/mol. The molecule has 1 aliphatic rings. The normalized spacial score (nSPS) is 23.9. The Bertz CT molecular complexity index is 1200. The van der Waals surface area contributed by atoms with Crippen molar-refractivity contribution in [3.63, 3.8) is 0 Å². The molecule has 0 saturated carbocycles. The predicted octanol–water partition coefficient (Wildman–Crippen LogP) is 3.65. The molecule has 8 nitrogen and oxygen atoms in total. The number of fused-ring (bicyclic) bond motifs is 1. The van der Waals surface area contributed by atoms with E-state index in [1.54, 1.807) is 12.3 Å². The van der Waals surface area contributed by atoms with Crippen LogP contribution in [0.5, 0.6) is 0 Å². The van der Waals surface area contributed by atoms with E-state index in [2.05, 4.69) is 38.8 Å². The number of halogens is 2. The first-order chi connectivity index (χ1) is 14.6. The average Bonchev–Trinajstić information content (AvgIpc) is 3.12. The summed E-state index contributed by atoms with van der Waals surface area (Å²) in [6.45, 7) is 4.97. The van der Waals surface area contributed by atoms with Crippen LogP contribution in [0.25, 0.3) is 17.0 Å². The van der Waals surface area contributed by atoms with Crippen LogP contribution in [0.4, 0.5) is 14.6 Å². The van der Waals surface area contributed by atoms with Gasteiger partial charge in [0.25, 0.3) is 6.43 Å². The molecule has 1 aliphatic heterocycles. The Morgan fingerprint density at radius 3 is 2.74 bits per heavy atom. The number of hydrogen-bond donors (Lipinski definition) is 1. The van der Waals surface area contributed by atoms with E-state index in [9.17, 15) is 13.0 Å². The second kappa shape index (κ2) is 8.10. The lowest BCUT2D eigenvalue weighted by molar-refractivity contribution is 0.144. The summed E-state index contributed by atoms with van der Waals surface area (Å²) in [5.74, 6) is 1.51.